The number of nitrogens with two attached hydrogens (primary N) is 1. The van der Waals surface area contributed by atoms with Crippen LogP contribution < -0.4 is 10.6 Å². The molecule has 0 radical (unpaired) electrons. The molecule has 2 fully saturated rings. The van der Waals surface area contributed by atoms with E-state index in [4.69, 9.17) is 5.73 Å². The van der Waals surface area contributed by atoms with Crippen LogP contribution in [0.4, 0.5) is 5.69 Å². The van der Waals surface area contributed by atoms with Crippen molar-refractivity contribution >= 4 is 5.69 Å². The standard InChI is InChI=1S/C18H29N3/c1-15-5-3-6-17(16(15)2)21-11-9-20(10-12-21)14-18(13-19)7-4-8-18/h3,5-6H,4,7-14,19H2,1-2H3. The molecule has 2 aliphatic rings. The maximum atomic E-state index is 6.00. The van der Waals surface area contributed by atoms with Gasteiger partial charge in [0, 0.05) is 38.4 Å². The fraction of sp³-hybridized carbons (Fsp3) is 0.667. The molecule has 1 aliphatic carbocycles. The van der Waals surface area contributed by atoms with Crippen LogP contribution in [0.3, 0.4) is 0 Å². The van der Waals surface area contributed by atoms with Crippen LogP contribution in [0.25, 0.3) is 0 Å². The van der Waals surface area contributed by atoms with Gasteiger partial charge in [0.2, 0.25) is 0 Å². The average Bonchev–Trinajstić information content (AvgIpc) is 2.47. The summed E-state index contributed by atoms with van der Waals surface area (Å²) in [7, 11) is 0. The minimum absolute atomic E-state index is 0.446. The molecule has 0 bridgehead atoms. The summed E-state index contributed by atoms with van der Waals surface area (Å²) in [6.07, 6.45) is 4.04. The first-order valence-corrected chi connectivity index (χ1v) is 8.37. The van der Waals surface area contributed by atoms with Crippen molar-refractivity contribution in [2.75, 3.05) is 44.2 Å². The second-order valence-electron chi connectivity index (χ2n) is 7.04. The second kappa shape index (κ2) is 5.98. The molecule has 3 heteroatoms. The normalized spacial score (nSPS) is 22.1. The Morgan fingerprint density at radius 1 is 1.10 bits per heavy atom. The van der Waals surface area contributed by atoms with Crippen molar-refractivity contribution in [1.29, 1.82) is 0 Å². The number of benzene rings is 1. The number of piperazine rings is 1. The predicted molar refractivity (Wildman–Crippen MR) is 89.9 cm³/mol. The van der Waals surface area contributed by atoms with Crippen LogP contribution in [0.1, 0.15) is 30.4 Å². The molecule has 0 aromatic heterocycles. The summed E-state index contributed by atoms with van der Waals surface area (Å²) >= 11 is 0. The van der Waals surface area contributed by atoms with Crippen molar-refractivity contribution in [2.45, 2.75) is 33.1 Å². The topological polar surface area (TPSA) is 32.5 Å². The van der Waals surface area contributed by atoms with Gasteiger partial charge < -0.3 is 10.6 Å². The van der Waals surface area contributed by atoms with Crippen LogP contribution in [-0.2, 0) is 0 Å². The van der Waals surface area contributed by atoms with Gasteiger partial charge in [-0.1, -0.05) is 18.6 Å². The minimum atomic E-state index is 0.446. The van der Waals surface area contributed by atoms with Crippen molar-refractivity contribution in [3.8, 4) is 0 Å². The van der Waals surface area contributed by atoms with Crippen molar-refractivity contribution in [3.63, 3.8) is 0 Å². The van der Waals surface area contributed by atoms with Gasteiger partial charge in [0.05, 0.1) is 0 Å². The summed E-state index contributed by atoms with van der Waals surface area (Å²) in [5.41, 5.74) is 10.7. The van der Waals surface area contributed by atoms with E-state index in [0.29, 0.717) is 5.41 Å². The van der Waals surface area contributed by atoms with E-state index in [0.717, 1.165) is 19.6 Å². The van der Waals surface area contributed by atoms with Gasteiger partial charge in [-0.05, 0) is 55.8 Å². The van der Waals surface area contributed by atoms with E-state index in [1.807, 2.05) is 0 Å². The molecule has 1 aromatic carbocycles. The van der Waals surface area contributed by atoms with Crippen LogP contribution >= 0.6 is 0 Å². The molecular formula is C18H29N3. The Hall–Kier alpha value is -1.06. The fourth-order valence-corrected chi connectivity index (χ4v) is 3.80. The molecule has 0 atom stereocenters. The SMILES string of the molecule is Cc1cccc(N2CCN(CC3(CN)CCC3)CC2)c1C. The molecule has 21 heavy (non-hydrogen) atoms. The molecule has 3 nitrogen and oxygen atoms in total. The molecule has 116 valence electrons. The van der Waals surface area contributed by atoms with Crippen LogP contribution in [-0.4, -0.2) is 44.2 Å². The summed E-state index contributed by atoms with van der Waals surface area (Å²) in [4.78, 5) is 5.18. The highest BCUT2D eigenvalue weighted by atomic mass is 15.3. The molecule has 1 saturated heterocycles. The Morgan fingerprint density at radius 3 is 2.38 bits per heavy atom. The summed E-state index contributed by atoms with van der Waals surface area (Å²) in [5, 5.41) is 0. The number of anilines is 1. The molecule has 0 spiro atoms. The number of hydrogen-bond acceptors (Lipinski definition) is 3. The Bertz CT molecular complexity index is 480. The largest absolute Gasteiger partial charge is 0.369 e. The lowest BCUT2D eigenvalue weighted by molar-refractivity contribution is 0.0717. The first kappa shape index (κ1) is 14.9. The maximum Gasteiger partial charge on any atom is 0.0399 e. The number of rotatable bonds is 4. The van der Waals surface area contributed by atoms with Gasteiger partial charge in [0.1, 0.15) is 0 Å². The third kappa shape index (κ3) is 2.95. The quantitative estimate of drug-likeness (QED) is 0.924. The second-order valence-corrected chi connectivity index (χ2v) is 7.04. The number of nitrogens with zero attached hydrogens (tertiary/aromatic N) is 2. The molecule has 1 saturated carbocycles. The smallest absolute Gasteiger partial charge is 0.0399 e. The first-order chi connectivity index (χ1) is 10.1. The van der Waals surface area contributed by atoms with Gasteiger partial charge >= 0.3 is 0 Å². The number of hydrogen-bond donors (Lipinski definition) is 1. The fourth-order valence-electron chi connectivity index (χ4n) is 3.80. The monoisotopic (exact) mass is 287 g/mol. The Labute approximate surface area is 129 Å². The van der Waals surface area contributed by atoms with Crippen molar-refractivity contribution in [3.05, 3.63) is 29.3 Å². The van der Waals surface area contributed by atoms with E-state index in [2.05, 4.69) is 41.8 Å². The molecular weight excluding hydrogens is 258 g/mol. The lowest BCUT2D eigenvalue weighted by Gasteiger charge is -2.46. The van der Waals surface area contributed by atoms with E-state index >= 15 is 0 Å². The highest BCUT2D eigenvalue weighted by molar-refractivity contribution is 5.56. The lowest BCUT2D eigenvalue weighted by atomic mass is 9.68. The van der Waals surface area contributed by atoms with Gasteiger partial charge in [-0.2, -0.15) is 0 Å². The zero-order valence-corrected chi connectivity index (χ0v) is 13.6. The van der Waals surface area contributed by atoms with E-state index in [1.165, 1.54) is 55.7 Å². The lowest BCUT2D eigenvalue weighted by Crippen LogP contribution is -2.53. The molecule has 0 unspecified atom stereocenters. The Morgan fingerprint density at radius 2 is 1.81 bits per heavy atom. The summed E-state index contributed by atoms with van der Waals surface area (Å²) < 4.78 is 0. The maximum absolute atomic E-state index is 6.00. The predicted octanol–water partition coefficient (Wildman–Crippen LogP) is 2.55. The van der Waals surface area contributed by atoms with Gasteiger partial charge in [-0.3, -0.25) is 4.90 Å². The molecule has 2 N–H and O–H groups in total. The molecule has 3 rings (SSSR count). The molecule has 1 aliphatic heterocycles. The summed E-state index contributed by atoms with van der Waals surface area (Å²) in [5.74, 6) is 0. The zero-order chi connectivity index (χ0) is 14.9. The zero-order valence-electron chi connectivity index (χ0n) is 13.6. The van der Waals surface area contributed by atoms with E-state index in [9.17, 15) is 0 Å². The van der Waals surface area contributed by atoms with Crippen molar-refractivity contribution < 1.29 is 0 Å². The Kier molecular flexibility index (Phi) is 4.23. The van der Waals surface area contributed by atoms with Gasteiger partial charge in [-0.15, -0.1) is 0 Å². The molecule has 0 amide bonds. The van der Waals surface area contributed by atoms with E-state index in [-0.39, 0.29) is 0 Å². The van der Waals surface area contributed by atoms with Gasteiger partial charge in [-0.25, -0.2) is 0 Å². The van der Waals surface area contributed by atoms with Gasteiger partial charge in [0.25, 0.3) is 0 Å². The van der Waals surface area contributed by atoms with Crippen molar-refractivity contribution in [1.82, 2.24) is 4.90 Å². The third-order valence-electron chi connectivity index (χ3n) is 5.70. The molecule has 1 aromatic rings. The minimum Gasteiger partial charge on any atom is -0.369 e. The van der Waals surface area contributed by atoms with Crippen LogP contribution in [0, 0.1) is 19.3 Å². The average molecular weight is 287 g/mol. The third-order valence-corrected chi connectivity index (χ3v) is 5.70. The van der Waals surface area contributed by atoms with Crippen LogP contribution in [0.15, 0.2) is 18.2 Å². The van der Waals surface area contributed by atoms with E-state index < -0.39 is 0 Å². The van der Waals surface area contributed by atoms with Crippen LogP contribution in [0.5, 0.6) is 0 Å². The number of aryl methyl sites for hydroxylation is 1. The summed E-state index contributed by atoms with van der Waals surface area (Å²) in [6.45, 7) is 11.2. The highest BCUT2D eigenvalue weighted by Gasteiger charge is 2.37. The summed E-state index contributed by atoms with van der Waals surface area (Å²) in [6, 6.07) is 6.66. The Balaban J connectivity index is 1.59. The van der Waals surface area contributed by atoms with Gasteiger partial charge in [0.15, 0.2) is 0 Å². The first-order valence-electron chi connectivity index (χ1n) is 8.37. The molecule has 1 heterocycles. The highest BCUT2D eigenvalue weighted by Crippen LogP contribution is 2.40. The van der Waals surface area contributed by atoms with Crippen molar-refractivity contribution in [2.24, 2.45) is 11.1 Å². The van der Waals surface area contributed by atoms with Crippen LogP contribution in [0.2, 0.25) is 0 Å². The van der Waals surface area contributed by atoms with E-state index in [1.54, 1.807) is 0 Å².